The Labute approximate surface area is 94.6 Å². The molecule has 2 N–H and O–H groups in total. The minimum atomic E-state index is -2.93. The molecule has 2 heterocycles. The Balaban J connectivity index is 2.04. The minimum absolute atomic E-state index is 0.0928. The first-order chi connectivity index (χ1) is 7.46. The summed E-state index contributed by atoms with van der Waals surface area (Å²) in [6.45, 7) is 0.716. The number of hydrogen-bond donors (Lipinski definition) is 1. The molecule has 6 nitrogen and oxygen atoms in total. The van der Waals surface area contributed by atoms with Crippen molar-refractivity contribution >= 4 is 15.7 Å². The van der Waals surface area contributed by atoms with E-state index in [2.05, 4.69) is 0 Å². The van der Waals surface area contributed by atoms with Crippen molar-refractivity contribution in [2.45, 2.75) is 24.9 Å². The third kappa shape index (κ3) is 2.21. The number of nitrogens with zero attached hydrogens (tertiary/aromatic N) is 1. The number of hydrogen-bond acceptors (Lipinski definition) is 5. The summed E-state index contributed by atoms with van der Waals surface area (Å²) in [5.41, 5.74) is 4.78. The Morgan fingerprint density at radius 1 is 1.38 bits per heavy atom. The Kier molecular flexibility index (Phi) is 2.93. The molecule has 0 atom stereocenters. The number of nitrogens with two attached hydrogens (primary N) is 1. The highest BCUT2D eigenvalue weighted by Gasteiger charge is 2.47. The van der Waals surface area contributed by atoms with Crippen molar-refractivity contribution in [2.75, 3.05) is 24.6 Å². The van der Waals surface area contributed by atoms with E-state index >= 15 is 0 Å². The summed E-state index contributed by atoms with van der Waals surface area (Å²) in [4.78, 5) is 17.2. The molecule has 0 aliphatic carbocycles. The van der Waals surface area contributed by atoms with Crippen LogP contribution in [0.1, 0.15) is 19.3 Å². The molecule has 2 fully saturated rings. The third-order valence-corrected chi connectivity index (χ3v) is 4.78. The molecule has 7 heteroatoms. The summed E-state index contributed by atoms with van der Waals surface area (Å²) in [7, 11) is -2.93. The van der Waals surface area contributed by atoms with Crippen LogP contribution in [0.3, 0.4) is 0 Å². The van der Waals surface area contributed by atoms with E-state index < -0.39 is 15.4 Å². The molecule has 0 saturated carbocycles. The maximum absolute atomic E-state index is 11.6. The maximum Gasteiger partial charge on any atom is 0.249 e. The lowest BCUT2D eigenvalue weighted by atomic mass is 9.93. The van der Waals surface area contributed by atoms with Gasteiger partial charge in [0.1, 0.15) is 5.60 Å². The standard InChI is InChI=1S/C9H16N2O4S/c10-3-4-11-8(12)7-9(15-11)1-5-16(13,14)6-2-9/h1-7,10H2. The molecule has 0 aromatic rings. The fraction of sp³-hybridized carbons (Fsp3) is 0.889. The first-order valence-electron chi connectivity index (χ1n) is 5.36. The van der Waals surface area contributed by atoms with Gasteiger partial charge in [-0.05, 0) is 12.8 Å². The molecule has 0 aromatic heterocycles. The number of amides is 1. The largest absolute Gasteiger partial charge is 0.329 e. The zero-order valence-corrected chi connectivity index (χ0v) is 9.83. The molecule has 2 saturated heterocycles. The molecule has 1 amide bonds. The van der Waals surface area contributed by atoms with Crippen molar-refractivity contribution in [3.05, 3.63) is 0 Å². The van der Waals surface area contributed by atoms with E-state index in [0.29, 0.717) is 25.9 Å². The second kappa shape index (κ2) is 3.97. The van der Waals surface area contributed by atoms with E-state index in [1.165, 1.54) is 5.06 Å². The summed E-state index contributed by atoms with van der Waals surface area (Å²) in [6, 6.07) is 0. The van der Waals surface area contributed by atoms with Crippen molar-refractivity contribution in [1.29, 1.82) is 0 Å². The van der Waals surface area contributed by atoms with Gasteiger partial charge in [-0.15, -0.1) is 0 Å². The number of carbonyl (C=O) groups is 1. The predicted molar refractivity (Wildman–Crippen MR) is 57.1 cm³/mol. The highest BCUT2D eigenvalue weighted by Crippen LogP contribution is 2.36. The maximum atomic E-state index is 11.6. The van der Waals surface area contributed by atoms with Crippen LogP contribution in [0.25, 0.3) is 0 Å². The van der Waals surface area contributed by atoms with E-state index in [9.17, 15) is 13.2 Å². The van der Waals surface area contributed by atoms with Gasteiger partial charge in [0.2, 0.25) is 5.91 Å². The van der Waals surface area contributed by atoms with Gasteiger partial charge in [-0.1, -0.05) is 0 Å². The van der Waals surface area contributed by atoms with Crippen LogP contribution in [-0.2, 0) is 19.5 Å². The summed E-state index contributed by atoms with van der Waals surface area (Å²) in [5.74, 6) is 0.123. The average Bonchev–Trinajstić information content (AvgIpc) is 2.51. The van der Waals surface area contributed by atoms with E-state index in [0.717, 1.165) is 0 Å². The van der Waals surface area contributed by atoms with Crippen molar-refractivity contribution < 1.29 is 18.0 Å². The van der Waals surface area contributed by atoms with Crippen LogP contribution in [0.15, 0.2) is 0 Å². The molecule has 2 aliphatic rings. The smallest absolute Gasteiger partial charge is 0.249 e. The van der Waals surface area contributed by atoms with Gasteiger partial charge in [0.05, 0.1) is 24.5 Å². The average molecular weight is 248 g/mol. The van der Waals surface area contributed by atoms with Crippen LogP contribution >= 0.6 is 0 Å². The lowest BCUT2D eigenvalue weighted by molar-refractivity contribution is -0.200. The first kappa shape index (κ1) is 11.8. The highest BCUT2D eigenvalue weighted by molar-refractivity contribution is 7.91. The summed E-state index contributed by atoms with van der Waals surface area (Å²) in [6.07, 6.45) is 1.09. The minimum Gasteiger partial charge on any atom is -0.329 e. The van der Waals surface area contributed by atoms with E-state index in [-0.39, 0.29) is 23.8 Å². The Bertz CT molecular complexity index is 378. The number of sulfone groups is 1. The van der Waals surface area contributed by atoms with Crippen LogP contribution < -0.4 is 5.73 Å². The topological polar surface area (TPSA) is 89.7 Å². The quantitative estimate of drug-likeness (QED) is 0.681. The predicted octanol–water partition coefficient (Wildman–Crippen LogP) is -0.944. The van der Waals surface area contributed by atoms with Gasteiger partial charge in [-0.25, -0.2) is 13.5 Å². The molecule has 1 spiro atoms. The fourth-order valence-corrected chi connectivity index (χ4v) is 3.72. The van der Waals surface area contributed by atoms with Gasteiger partial charge in [0.25, 0.3) is 0 Å². The molecule has 0 radical (unpaired) electrons. The van der Waals surface area contributed by atoms with Gasteiger partial charge in [-0.2, -0.15) is 0 Å². The molecule has 2 aliphatic heterocycles. The highest BCUT2D eigenvalue weighted by atomic mass is 32.2. The zero-order valence-electron chi connectivity index (χ0n) is 9.02. The number of rotatable bonds is 2. The summed E-state index contributed by atoms with van der Waals surface area (Å²) < 4.78 is 22.6. The molecular weight excluding hydrogens is 232 g/mol. The molecule has 16 heavy (non-hydrogen) atoms. The summed E-state index contributed by atoms with van der Waals surface area (Å²) >= 11 is 0. The molecular formula is C9H16N2O4S. The van der Waals surface area contributed by atoms with Crippen LogP contribution in [0.2, 0.25) is 0 Å². The molecule has 2 rings (SSSR count). The van der Waals surface area contributed by atoms with E-state index in [1.54, 1.807) is 0 Å². The third-order valence-electron chi connectivity index (χ3n) is 3.12. The molecule has 0 unspecified atom stereocenters. The van der Waals surface area contributed by atoms with Crippen LogP contribution in [0.4, 0.5) is 0 Å². The zero-order chi connectivity index (χ0) is 11.8. The summed E-state index contributed by atoms with van der Waals surface area (Å²) in [5, 5.41) is 1.28. The second-order valence-corrected chi connectivity index (χ2v) is 6.69. The van der Waals surface area contributed by atoms with Crippen molar-refractivity contribution in [1.82, 2.24) is 5.06 Å². The van der Waals surface area contributed by atoms with E-state index in [1.807, 2.05) is 0 Å². The molecule has 92 valence electrons. The van der Waals surface area contributed by atoms with Crippen LogP contribution in [0, 0.1) is 0 Å². The Morgan fingerprint density at radius 3 is 2.56 bits per heavy atom. The van der Waals surface area contributed by atoms with Gasteiger partial charge >= 0.3 is 0 Å². The second-order valence-electron chi connectivity index (χ2n) is 4.39. The molecule has 0 aromatic carbocycles. The van der Waals surface area contributed by atoms with Gasteiger partial charge in [0.15, 0.2) is 9.84 Å². The van der Waals surface area contributed by atoms with Crippen molar-refractivity contribution in [3.8, 4) is 0 Å². The lowest BCUT2D eigenvalue weighted by Crippen LogP contribution is -2.40. The molecule has 0 bridgehead atoms. The van der Waals surface area contributed by atoms with Gasteiger partial charge < -0.3 is 5.73 Å². The van der Waals surface area contributed by atoms with Gasteiger partial charge in [0, 0.05) is 6.54 Å². The SMILES string of the molecule is NCCN1OC2(CCS(=O)(=O)CC2)CC1=O. The lowest BCUT2D eigenvalue weighted by Gasteiger charge is -2.31. The van der Waals surface area contributed by atoms with Gasteiger partial charge in [-0.3, -0.25) is 9.63 Å². The van der Waals surface area contributed by atoms with Crippen molar-refractivity contribution in [2.24, 2.45) is 5.73 Å². The number of carbonyl (C=O) groups excluding carboxylic acids is 1. The van der Waals surface area contributed by atoms with E-state index in [4.69, 9.17) is 10.6 Å². The normalized spacial score (nSPS) is 27.6. The fourth-order valence-electron chi connectivity index (χ4n) is 2.15. The van der Waals surface area contributed by atoms with Crippen molar-refractivity contribution in [3.63, 3.8) is 0 Å². The first-order valence-corrected chi connectivity index (χ1v) is 7.19. The van der Waals surface area contributed by atoms with Crippen LogP contribution in [0.5, 0.6) is 0 Å². The number of hydroxylamine groups is 2. The Morgan fingerprint density at radius 2 is 2.00 bits per heavy atom. The monoisotopic (exact) mass is 248 g/mol. The Hall–Kier alpha value is -0.660. The van der Waals surface area contributed by atoms with Crippen LogP contribution in [-0.4, -0.2) is 49.6 Å².